The summed E-state index contributed by atoms with van der Waals surface area (Å²) in [7, 11) is 0. The summed E-state index contributed by atoms with van der Waals surface area (Å²) < 4.78 is 58.5. The molecule has 1 aliphatic heterocycles. The molecular weight excluding hydrogens is 602 g/mol. The number of aliphatic hydroxyl groups is 1. The van der Waals surface area contributed by atoms with Crippen molar-refractivity contribution in [1.82, 2.24) is 4.98 Å². The van der Waals surface area contributed by atoms with Crippen LogP contribution in [0.15, 0.2) is 40.6 Å². The second kappa shape index (κ2) is 12.4. The fourth-order valence-corrected chi connectivity index (χ4v) is 6.58. The van der Waals surface area contributed by atoms with Crippen molar-refractivity contribution in [1.29, 1.82) is 0 Å². The molecule has 0 radical (unpaired) electrons. The molecule has 3 aromatic rings. The molecule has 7 nitrogen and oxygen atoms in total. The van der Waals surface area contributed by atoms with Crippen LogP contribution < -0.4 is 0 Å². The molecule has 4 rings (SSSR count). The van der Waals surface area contributed by atoms with Gasteiger partial charge in [-0.2, -0.15) is 0 Å². The lowest BCUT2D eigenvalue weighted by Crippen LogP contribution is -2.55. The minimum Gasteiger partial charge on any atom is -0.459 e. The van der Waals surface area contributed by atoms with Crippen LogP contribution in [0.1, 0.15) is 24.8 Å². The van der Waals surface area contributed by atoms with E-state index in [0.717, 1.165) is 35.2 Å². The molecule has 1 aliphatic rings. The van der Waals surface area contributed by atoms with E-state index >= 15 is 0 Å². The van der Waals surface area contributed by atoms with E-state index in [1.165, 1.54) is 19.2 Å². The maximum absolute atomic E-state index is 13.9. The standard InChI is InChI=1S/C25H20Cl2F3NO6S2/c1-10(33)35-22-19(8-32)37-25(39-13-3-4-14(26)15(27)7-13)23(36-11(2)34)20(22)24-31-18(9-38-24)12-5-16(28)21(30)17(29)6-12/h3-7,9,19-20,22-23,25,32H,8H2,1-2H3/t19-,20+,22+,23-,25-/m1/s1. The predicted octanol–water partition coefficient (Wildman–Crippen LogP) is 5.99. The smallest absolute Gasteiger partial charge is 0.303 e. The number of benzene rings is 2. The molecule has 1 saturated heterocycles. The van der Waals surface area contributed by atoms with E-state index < -0.39 is 65.7 Å². The first-order valence-electron chi connectivity index (χ1n) is 11.3. The van der Waals surface area contributed by atoms with E-state index in [0.29, 0.717) is 9.92 Å². The Morgan fingerprint density at radius 1 is 1.05 bits per heavy atom. The van der Waals surface area contributed by atoms with Crippen LogP contribution in [0, 0.1) is 17.5 Å². The molecule has 1 N–H and O–H groups in total. The van der Waals surface area contributed by atoms with Gasteiger partial charge in [0.05, 0.1) is 28.3 Å². The van der Waals surface area contributed by atoms with Gasteiger partial charge in [-0.25, -0.2) is 18.2 Å². The number of esters is 2. The summed E-state index contributed by atoms with van der Waals surface area (Å²) >= 11 is 14.3. The van der Waals surface area contributed by atoms with Crippen LogP contribution in [0.3, 0.4) is 0 Å². The lowest BCUT2D eigenvalue weighted by atomic mass is 9.89. The van der Waals surface area contributed by atoms with Crippen LogP contribution in [-0.4, -0.2) is 52.4 Å². The third-order valence-corrected chi connectivity index (χ3v) is 8.49. The summed E-state index contributed by atoms with van der Waals surface area (Å²) in [6.45, 7) is 1.79. The lowest BCUT2D eigenvalue weighted by Gasteiger charge is -2.44. The van der Waals surface area contributed by atoms with Gasteiger partial charge in [-0.3, -0.25) is 9.59 Å². The summed E-state index contributed by atoms with van der Waals surface area (Å²) in [6.07, 6.45) is -3.31. The van der Waals surface area contributed by atoms with Crippen LogP contribution in [0.25, 0.3) is 11.3 Å². The first kappa shape index (κ1) is 29.6. The highest BCUT2D eigenvalue weighted by atomic mass is 35.5. The normalized spacial score (nSPS) is 22.9. The van der Waals surface area contributed by atoms with Crippen LogP contribution in [0.4, 0.5) is 13.2 Å². The topological polar surface area (TPSA) is 95.0 Å². The number of thioether (sulfide) groups is 1. The van der Waals surface area contributed by atoms with E-state index in [2.05, 4.69) is 4.98 Å². The number of ether oxygens (including phenoxy) is 3. The molecule has 5 atom stereocenters. The minimum absolute atomic E-state index is 0.0329. The van der Waals surface area contributed by atoms with Gasteiger partial charge in [0.1, 0.15) is 22.7 Å². The van der Waals surface area contributed by atoms with Gasteiger partial charge in [0, 0.05) is 29.7 Å². The molecule has 2 aromatic carbocycles. The number of aromatic nitrogens is 1. The molecule has 0 unspecified atom stereocenters. The van der Waals surface area contributed by atoms with Crippen LogP contribution in [0.2, 0.25) is 10.0 Å². The molecule has 1 aromatic heterocycles. The highest BCUT2D eigenvalue weighted by Gasteiger charge is 2.51. The number of nitrogens with zero attached hydrogens (tertiary/aromatic N) is 1. The largest absolute Gasteiger partial charge is 0.459 e. The molecule has 14 heteroatoms. The van der Waals surface area contributed by atoms with Gasteiger partial charge in [0.25, 0.3) is 0 Å². The zero-order valence-corrected chi connectivity index (χ0v) is 23.3. The first-order chi connectivity index (χ1) is 18.5. The van der Waals surface area contributed by atoms with Gasteiger partial charge in [0.2, 0.25) is 0 Å². The number of aliphatic hydroxyl groups excluding tert-OH is 1. The van der Waals surface area contributed by atoms with Gasteiger partial charge in [0.15, 0.2) is 23.6 Å². The number of halogens is 5. The van der Waals surface area contributed by atoms with E-state index in [1.807, 2.05) is 0 Å². The highest BCUT2D eigenvalue weighted by Crippen LogP contribution is 2.45. The average molecular weight is 622 g/mol. The summed E-state index contributed by atoms with van der Waals surface area (Å²) in [6, 6.07) is 6.44. The molecule has 0 amide bonds. The zero-order chi connectivity index (χ0) is 28.4. The molecule has 0 saturated carbocycles. The first-order valence-corrected chi connectivity index (χ1v) is 13.8. The molecule has 0 bridgehead atoms. The fourth-order valence-electron chi connectivity index (χ4n) is 4.06. The third kappa shape index (κ3) is 6.69. The van der Waals surface area contributed by atoms with Crippen molar-refractivity contribution in [3.63, 3.8) is 0 Å². The van der Waals surface area contributed by atoms with Crippen LogP contribution in [-0.2, 0) is 23.8 Å². The predicted molar refractivity (Wildman–Crippen MR) is 139 cm³/mol. The van der Waals surface area contributed by atoms with Crippen molar-refractivity contribution < 1.29 is 42.1 Å². The Bertz CT molecular complexity index is 1370. The molecule has 2 heterocycles. The molecule has 208 valence electrons. The van der Waals surface area contributed by atoms with Crippen LogP contribution in [0.5, 0.6) is 0 Å². The SMILES string of the molecule is CC(=O)O[C@@H]1[C@@H](c2nc(-c3cc(F)c(F)c(F)c3)cs2)[C@@H](OC(C)=O)[C@@H](CO)O[C@@H]1Sc1ccc(Cl)c(Cl)c1. The van der Waals surface area contributed by atoms with Crippen molar-refractivity contribution in [3.05, 3.63) is 68.2 Å². The number of hydrogen-bond donors (Lipinski definition) is 1. The Kier molecular flexibility index (Phi) is 9.45. The Balaban J connectivity index is 1.79. The van der Waals surface area contributed by atoms with Gasteiger partial charge in [-0.05, 0) is 30.3 Å². The number of thiazole rings is 1. The van der Waals surface area contributed by atoms with E-state index in [1.54, 1.807) is 18.2 Å². The van der Waals surface area contributed by atoms with Gasteiger partial charge >= 0.3 is 11.9 Å². The van der Waals surface area contributed by atoms with E-state index in [-0.39, 0.29) is 21.3 Å². The van der Waals surface area contributed by atoms with Gasteiger partial charge in [-0.1, -0.05) is 35.0 Å². The molecule has 1 fully saturated rings. The van der Waals surface area contributed by atoms with Gasteiger partial charge < -0.3 is 19.3 Å². The van der Waals surface area contributed by atoms with Crippen molar-refractivity contribution >= 4 is 58.2 Å². The lowest BCUT2D eigenvalue weighted by molar-refractivity contribution is -0.199. The molecule has 0 spiro atoms. The minimum atomic E-state index is -1.61. The highest BCUT2D eigenvalue weighted by molar-refractivity contribution is 7.99. The monoisotopic (exact) mass is 621 g/mol. The fraction of sp³-hybridized carbons (Fsp3) is 0.320. The van der Waals surface area contributed by atoms with Crippen molar-refractivity contribution in [3.8, 4) is 11.3 Å². The Morgan fingerprint density at radius 3 is 2.28 bits per heavy atom. The maximum Gasteiger partial charge on any atom is 0.303 e. The summed E-state index contributed by atoms with van der Waals surface area (Å²) in [5, 5.41) is 12.5. The molecular formula is C25H20Cl2F3NO6S2. The number of carbonyl (C=O) groups excluding carboxylic acids is 2. The second-order valence-corrected chi connectivity index (χ2v) is 11.3. The summed E-state index contributed by atoms with van der Waals surface area (Å²) in [4.78, 5) is 29.3. The zero-order valence-electron chi connectivity index (χ0n) is 20.2. The number of rotatable bonds is 7. The Hall–Kier alpha value is -2.35. The number of hydrogen-bond acceptors (Lipinski definition) is 9. The van der Waals surface area contributed by atoms with E-state index in [9.17, 15) is 27.9 Å². The molecule has 39 heavy (non-hydrogen) atoms. The van der Waals surface area contributed by atoms with E-state index in [4.69, 9.17) is 37.4 Å². The van der Waals surface area contributed by atoms with Crippen molar-refractivity contribution in [2.45, 2.75) is 48.4 Å². The maximum atomic E-state index is 13.9. The Morgan fingerprint density at radius 2 is 1.69 bits per heavy atom. The number of carbonyl (C=O) groups is 2. The van der Waals surface area contributed by atoms with Crippen molar-refractivity contribution in [2.75, 3.05) is 6.61 Å². The summed E-state index contributed by atoms with van der Waals surface area (Å²) in [5.74, 6) is -6.71. The molecule has 0 aliphatic carbocycles. The van der Waals surface area contributed by atoms with Gasteiger partial charge in [-0.15, -0.1) is 11.3 Å². The quantitative estimate of drug-likeness (QED) is 0.254. The summed E-state index contributed by atoms with van der Waals surface area (Å²) in [5.41, 5.74) is -0.862. The van der Waals surface area contributed by atoms with Crippen molar-refractivity contribution in [2.24, 2.45) is 0 Å². The average Bonchev–Trinajstić information content (AvgIpc) is 3.35. The second-order valence-electron chi connectivity index (χ2n) is 8.42. The van der Waals surface area contributed by atoms with Crippen LogP contribution >= 0.6 is 46.3 Å². The third-order valence-electron chi connectivity index (χ3n) is 5.67. The Labute approximate surface area is 239 Å².